The second kappa shape index (κ2) is 10.4. The van der Waals surface area contributed by atoms with Gasteiger partial charge in [0.2, 0.25) is 5.91 Å². The van der Waals surface area contributed by atoms with Crippen LogP contribution in [0.5, 0.6) is 0 Å². The van der Waals surface area contributed by atoms with Gasteiger partial charge in [-0.1, -0.05) is 50.4 Å². The van der Waals surface area contributed by atoms with Crippen LogP contribution in [0.1, 0.15) is 56.3 Å². The van der Waals surface area contributed by atoms with Crippen LogP contribution in [0.4, 0.5) is 0 Å². The van der Waals surface area contributed by atoms with Gasteiger partial charge >= 0.3 is 0 Å². The maximum atomic E-state index is 13.0. The van der Waals surface area contributed by atoms with Crippen LogP contribution in [0, 0.1) is 11.8 Å². The Morgan fingerprint density at radius 2 is 1.76 bits per heavy atom. The molecule has 1 aliphatic heterocycles. The quantitative estimate of drug-likeness (QED) is 0.730. The van der Waals surface area contributed by atoms with Crippen molar-refractivity contribution in [1.29, 1.82) is 0 Å². The lowest BCUT2D eigenvalue weighted by atomic mass is 9.94. The van der Waals surface area contributed by atoms with E-state index in [2.05, 4.69) is 24.1 Å². The van der Waals surface area contributed by atoms with Crippen LogP contribution in [-0.2, 0) is 4.79 Å². The molecule has 0 aromatic heterocycles. The van der Waals surface area contributed by atoms with E-state index in [1.54, 1.807) is 12.1 Å². The molecule has 2 aliphatic rings. The van der Waals surface area contributed by atoms with Gasteiger partial charge in [0.1, 0.15) is 0 Å². The number of nitrogens with one attached hydrogen (secondary N) is 1. The third-order valence-electron chi connectivity index (χ3n) is 6.24. The van der Waals surface area contributed by atoms with Gasteiger partial charge in [-0.25, -0.2) is 0 Å². The van der Waals surface area contributed by atoms with Gasteiger partial charge in [-0.05, 0) is 43.2 Å². The molecule has 1 saturated heterocycles. The van der Waals surface area contributed by atoms with Gasteiger partial charge in [-0.2, -0.15) is 0 Å². The first-order valence-corrected chi connectivity index (χ1v) is 11.4. The van der Waals surface area contributed by atoms with Crippen molar-refractivity contribution in [2.45, 2.75) is 52.0 Å². The van der Waals surface area contributed by atoms with Crippen molar-refractivity contribution in [2.24, 2.45) is 11.8 Å². The van der Waals surface area contributed by atoms with Crippen LogP contribution in [0.15, 0.2) is 24.3 Å². The molecule has 0 bridgehead atoms. The highest BCUT2D eigenvalue weighted by molar-refractivity contribution is 6.33. The zero-order valence-electron chi connectivity index (χ0n) is 17.7. The number of hydrogen-bond donors (Lipinski definition) is 1. The van der Waals surface area contributed by atoms with Crippen LogP contribution in [0.3, 0.4) is 0 Å². The summed E-state index contributed by atoms with van der Waals surface area (Å²) in [6.07, 6.45) is 5.68. The normalized spacial score (nSPS) is 19.5. The predicted octanol–water partition coefficient (Wildman–Crippen LogP) is 3.82. The molecule has 0 unspecified atom stereocenters. The molecule has 1 atom stereocenters. The van der Waals surface area contributed by atoms with Gasteiger partial charge in [0.25, 0.3) is 5.91 Å². The van der Waals surface area contributed by atoms with E-state index >= 15 is 0 Å². The van der Waals surface area contributed by atoms with Gasteiger partial charge < -0.3 is 10.2 Å². The first-order chi connectivity index (χ1) is 14.0. The molecule has 1 aliphatic carbocycles. The van der Waals surface area contributed by atoms with Crippen LogP contribution in [0.2, 0.25) is 5.02 Å². The lowest BCUT2D eigenvalue weighted by Gasteiger charge is -2.40. The lowest BCUT2D eigenvalue weighted by Crippen LogP contribution is -2.58. The van der Waals surface area contributed by atoms with E-state index < -0.39 is 0 Å². The van der Waals surface area contributed by atoms with Gasteiger partial charge in [0.05, 0.1) is 16.6 Å². The van der Waals surface area contributed by atoms with Crippen LogP contribution in [-0.4, -0.2) is 60.4 Å². The molecule has 2 amide bonds. The van der Waals surface area contributed by atoms with E-state index in [-0.39, 0.29) is 17.9 Å². The van der Waals surface area contributed by atoms with Crippen molar-refractivity contribution in [2.75, 3.05) is 32.7 Å². The molecule has 0 radical (unpaired) electrons. The highest BCUT2D eigenvalue weighted by Crippen LogP contribution is 2.31. The third-order valence-corrected chi connectivity index (χ3v) is 6.56. The van der Waals surface area contributed by atoms with Crippen LogP contribution < -0.4 is 5.32 Å². The second-order valence-corrected chi connectivity index (χ2v) is 9.18. The molecule has 1 aromatic carbocycles. The Bertz CT molecular complexity index is 695. The molecule has 29 heavy (non-hydrogen) atoms. The summed E-state index contributed by atoms with van der Waals surface area (Å²) < 4.78 is 0. The van der Waals surface area contributed by atoms with E-state index in [1.165, 1.54) is 12.8 Å². The Morgan fingerprint density at radius 3 is 2.38 bits per heavy atom. The van der Waals surface area contributed by atoms with E-state index in [1.807, 2.05) is 17.0 Å². The molecular formula is C23H34ClN3O2. The fourth-order valence-corrected chi connectivity index (χ4v) is 4.76. The Labute approximate surface area is 179 Å². The fraction of sp³-hybridized carbons (Fsp3) is 0.652. The standard InChI is InChI=1S/C23H34ClN3O2/c1-17(2)11-12-25-22(28)21(18-7-3-4-8-18)26-13-15-27(16-14-26)23(29)19-9-5-6-10-20(19)24/h5-6,9-10,17-18,21H,3-4,7-8,11-16H2,1-2H3,(H,25,28)/t21-/m1/s1. The number of amides is 2. The molecule has 6 heteroatoms. The molecule has 1 heterocycles. The van der Waals surface area contributed by atoms with Crippen molar-refractivity contribution >= 4 is 23.4 Å². The number of carbonyl (C=O) groups is 2. The number of nitrogens with zero attached hydrogens (tertiary/aromatic N) is 2. The molecule has 5 nitrogen and oxygen atoms in total. The second-order valence-electron chi connectivity index (χ2n) is 8.77. The van der Waals surface area contributed by atoms with Crippen molar-refractivity contribution in [3.63, 3.8) is 0 Å². The zero-order chi connectivity index (χ0) is 20.8. The Hall–Kier alpha value is -1.59. The number of halogens is 1. The Kier molecular flexibility index (Phi) is 7.96. The average Bonchev–Trinajstić information content (AvgIpc) is 3.22. The minimum atomic E-state index is -0.0674. The summed E-state index contributed by atoms with van der Waals surface area (Å²) >= 11 is 6.20. The highest BCUT2D eigenvalue weighted by atomic mass is 35.5. The molecule has 0 spiro atoms. The first kappa shape index (κ1) is 22.1. The van der Waals surface area contributed by atoms with Crippen LogP contribution in [0.25, 0.3) is 0 Å². The third kappa shape index (κ3) is 5.73. The average molecular weight is 420 g/mol. The summed E-state index contributed by atoms with van der Waals surface area (Å²) in [7, 11) is 0. The maximum Gasteiger partial charge on any atom is 0.255 e. The van der Waals surface area contributed by atoms with E-state index in [4.69, 9.17) is 11.6 Å². The molecule has 2 fully saturated rings. The predicted molar refractivity (Wildman–Crippen MR) is 117 cm³/mol. The van der Waals surface area contributed by atoms with Crippen molar-refractivity contribution in [1.82, 2.24) is 15.1 Å². The van der Waals surface area contributed by atoms with Gasteiger partial charge in [-0.3, -0.25) is 14.5 Å². The summed E-state index contributed by atoms with van der Waals surface area (Å²) in [5.41, 5.74) is 0.557. The minimum absolute atomic E-state index is 0.0194. The highest BCUT2D eigenvalue weighted by Gasteiger charge is 2.37. The van der Waals surface area contributed by atoms with Gasteiger partial charge in [-0.15, -0.1) is 0 Å². The van der Waals surface area contributed by atoms with E-state index in [9.17, 15) is 9.59 Å². The van der Waals surface area contributed by atoms with Gasteiger partial charge in [0, 0.05) is 32.7 Å². The Balaban J connectivity index is 1.61. The molecule has 1 N–H and O–H groups in total. The SMILES string of the molecule is CC(C)CCNC(=O)[C@@H](C1CCCC1)N1CCN(C(=O)c2ccccc2Cl)CC1. The molecule has 160 valence electrons. The maximum absolute atomic E-state index is 13.0. The summed E-state index contributed by atoms with van der Waals surface area (Å²) in [5, 5.41) is 3.67. The number of benzene rings is 1. The number of rotatable bonds is 7. The molecule has 1 aromatic rings. The summed E-state index contributed by atoms with van der Waals surface area (Å²) in [6.45, 7) is 7.82. The van der Waals surface area contributed by atoms with Crippen LogP contribution >= 0.6 is 11.6 Å². The van der Waals surface area contributed by atoms with Gasteiger partial charge in [0.15, 0.2) is 0 Å². The Morgan fingerprint density at radius 1 is 1.10 bits per heavy atom. The smallest absolute Gasteiger partial charge is 0.255 e. The first-order valence-electron chi connectivity index (χ1n) is 11.0. The van der Waals surface area contributed by atoms with Crippen molar-refractivity contribution in [3.8, 4) is 0 Å². The number of carbonyl (C=O) groups excluding carboxylic acids is 2. The summed E-state index contributed by atoms with van der Waals surface area (Å²) in [4.78, 5) is 30.0. The summed E-state index contributed by atoms with van der Waals surface area (Å²) in [6, 6.07) is 7.14. The monoisotopic (exact) mass is 419 g/mol. The largest absolute Gasteiger partial charge is 0.355 e. The number of piperazine rings is 1. The lowest BCUT2D eigenvalue weighted by molar-refractivity contribution is -0.129. The minimum Gasteiger partial charge on any atom is -0.355 e. The number of hydrogen-bond acceptors (Lipinski definition) is 3. The van der Waals surface area contributed by atoms with Crippen molar-refractivity contribution < 1.29 is 9.59 Å². The molecule has 3 rings (SSSR count). The summed E-state index contributed by atoms with van der Waals surface area (Å²) in [5.74, 6) is 1.16. The van der Waals surface area contributed by atoms with E-state index in [0.717, 1.165) is 38.9 Å². The van der Waals surface area contributed by atoms with E-state index in [0.29, 0.717) is 35.5 Å². The van der Waals surface area contributed by atoms with Crippen molar-refractivity contribution in [3.05, 3.63) is 34.9 Å². The topological polar surface area (TPSA) is 52.7 Å². The fourth-order valence-electron chi connectivity index (χ4n) is 4.55. The zero-order valence-corrected chi connectivity index (χ0v) is 18.5. The molecule has 1 saturated carbocycles. The molecular weight excluding hydrogens is 386 g/mol.